The highest BCUT2D eigenvalue weighted by Crippen LogP contribution is 2.35. The van der Waals surface area contributed by atoms with E-state index in [1.807, 2.05) is 6.92 Å². The zero-order valence-electron chi connectivity index (χ0n) is 18.0. The predicted molar refractivity (Wildman–Crippen MR) is 114 cm³/mol. The Morgan fingerprint density at radius 2 is 1.80 bits per heavy atom. The second-order valence-corrected chi connectivity index (χ2v) is 10.4. The normalized spacial score (nSPS) is 22.2. The van der Waals surface area contributed by atoms with E-state index in [9.17, 15) is 18.0 Å². The molecule has 1 amide bonds. The summed E-state index contributed by atoms with van der Waals surface area (Å²) in [6, 6.07) is 5.10. The van der Waals surface area contributed by atoms with Gasteiger partial charge in [-0.25, -0.2) is 13.2 Å². The molecule has 1 saturated heterocycles. The molecule has 1 heterocycles. The summed E-state index contributed by atoms with van der Waals surface area (Å²) in [7, 11) is -3.80. The van der Waals surface area contributed by atoms with Crippen molar-refractivity contribution in [3.8, 4) is 0 Å². The number of hydrogen-bond acceptors (Lipinski definition) is 6. The number of hydrogen-bond donors (Lipinski definition) is 0. The Bertz CT molecular complexity index is 927. The van der Waals surface area contributed by atoms with Gasteiger partial charge in [-0.3, -0.25) is 9.69 Å². The number of amides is 1. The molecule has 1 fully saturated rings. The number of nitrogens with zero attached hydrogens (tertiary/aromatic N) is 1. The van der Waals surface area contributed by atoms with Gasteiger partial charge in [0.15, 0.2) is 9.84 Å². The largest absolute Gasteiger partial charge is 0.444 e. The Kier molecular flexibility index (Phi) is 7.13. The van der Waals surface area contributed by atoms with Gasteiger partial charge in [0, 0.05) is 6.92 Å². The second kappa shape index (κ2) is 9.04. The molecule has 0 aliphatic carbocycles. The van der Waals surface area contributed by atoms with Crippen LogP contribution in [0.4, 0.5) is 4.79 Å². The molecule has 3 atom stereocenters. The van der Waals surface area contributed by atoms with E-state index < -0.39 is 44.8 Å². The first-order chi connectivity index (χ1) is 13.9. The van der Waals surface area contributed by atoms with Crippen molar-refractivity contribution in [2.45, 2.75) is 68.9 Å². The maximum Gasteiger partial charge on any atom is 0.411 e. The van der Waals surface area contributed by atoms with E-state index in [1.165, 1.54) is 24.0 Å². The van der Waals surface area contributed by atoms with Gasteiger partial charge in [0.2, 0.25) is 0 Å². The summed E-state index contributed by atoms with van der Waals surface area (Å²) < 4.78 is 37.2. The first-order valence-corrected chi connectivity index (χ1v) is 11.2. The fraction of sp³-hybridized carbons (Fsp3) is 0.455. The van der Waals surface area contributed by atoms with Crippen molar-refractivity contribution in [1.29, 1.82) is 0 Å². The van der Waals surface area contributed by atoms with Crippen molar-refractivity contribution in [2.24, 2.45) is 0 Å². The molecule has 1 aliphatic rings. The molecule has 0 spiro atoms. The summed E-state index contributed by atoms with van der Waals surface area (Å²) in [6.07, 6.45) is 3.54. The van der Waals surface area contributed by atoms with Gasteiger partial charge in [-0.2, -0.15) is 0 Å². The molecule has 2 rings (SSSR count). The van der Waals surface area contributed by atoms with Crippen LogP contribution < -0.4 is 0 Å². The van der Waals surface area contributed by atoms with Crippen molar-refractivity contribution in [1.82, 2.24) is 4.90 Å². The number of carbonyl (C=O) groups excluding carboxylic acids is 2. The van der Waals surface area contributed by atoms with E-state index >= 15 is 0 Å². The molecule has 0 radical (unpaired) electrons. The van der Waals surface area contributed by atoms with E-state index in [1.54, 1.807) is 45.0 Å². The zero-order valence-corrected chi connectivity index (χ0v) is 18.8. The quantitative estimate of drug-likeness (QED) is 0.397. The van der Waals surface area contributed by atoms with Gasteiger partial charge >= 0.3 is 12.1 Å². The van der Waals surface area contributed by atoms with Gasteiger partial charge in [0.05, 0.1) is 28.5 Å². The van der Waals surface area contributed by atoms with Crippen LogP contribution in [-0.2, 0) is 24.1 Å². The maximum absolute atomic E-state index is 13.4. The predicted octanol–water partition coefficient (Wildman–Crippen LogP) is 3.78. The van der Waals surface area contributed by atoms with Gasteiger partial charge in [-0.15, -0.1) is 6.58 Å². The lowest BCUT2D eigenvalue weighted by molar-refractivity contribution is -0.135. The smallest absolute Gasteiger partial charge is 0.411 e. The number of likely N-dealkylation sites (tertiary alicyclic amines) is 1. The molecule has 0 unspecified atom stereocenters. The summed E-state index contributed by atoms with van der Waals surface area (Å²) >= 11 is 0. The molecule has 7 nitrogen and oxygen atoms in total. The molecule has 0 aromatic heterocycles. The number of esters is 1. The Morgan fingerprint density at radius 1 is 1.20 bits per heavy atom. The van der Waals surface area contributed by atoms with E-state index in [0.717, 1.165) is 11.8 Å². The minimum atomic E-state index is -3.80. The Hall–Kier alpha value is -2.61. The van der Waals surface area contributed by atoms with Gasteiger partial charge < -0.3 is 9.47 Å². The third kappa shape index (κ3) is 5.50. The second-order valence-electron chi connectivity index (χ2n) is 8.25. The van der Waals surface area contributed by atoms with Crippen molar-refractivity contribution in [3.05, 3.63) is 54.8 Å². The standard InChI is InChI=1S/C22H29NO6S/c1-7-17-14-20(30(26,27)18-10-8-15(2)9-11-18)19(12-13-28-16(3)24)23(17)21(25)29-22(4,5)6/h7-13,17,19-20H,1,14H2,2-6H3/b13-12-/t17-,19+,20+/m0/s1. The topological polar surface area (TPSA) is 90.0 Å². The first-order valence-electron chi connectivity index (χ1n) is 9.65. The van der Waals surface area contributed by atoms with Crippen LogP contribution in [0.3, 0.4) is 0 Å². The van der Waals surface area contributed by atoms with Crippen LogP contribution in [-0.4, -0.2) is 48.3 Å². The van der Waals surface area contributed by atoms with E-state index in [-0.39, 0.29) is 11.3 Å². The highest BCUT2D eigenvalue weighted by atomic mass is 32.2. The third-order valence-electron chi connectivity index (χ3n) is 4.67. The number of carbonyl (C=O) groups is 2. The summed E-state index contributed by atoms with van der Waals surface area (Å²) in [5, 5.41) is -0.956. The number of aryl methyl sites for hydroxylation is 1. The molecule has 8 heteroatoms. The summed E-state index contributed by atoms with van der Waals surface area (Å²) in [4.78, 5) is 25.6. The zero-order chi connectivity index (χ0) is 22.7. The molecular weight excluding hydrogens is 406 g/mol. The SMILES string of the molecule is C=C[C@H]1C[C@@H](S(=O)(=O)c2ccc(C)cc2)[C@@H](/C=C\OC(C)=O)N1C(=O)OC(C)(C)C. The molecule has 1 aromatic rings. The van der Waals surface area contributed by atoms with E-state index in [0.29, 0.717) is 0 Å². The van der Waals surface area contributed by atoms with Crippen LogP contribution in [0.15, 0.2) is 54.2 Å². The van der Waals surface area contributed by atoms with Crippen molar-refractivity contribution < 1.29 is 27.5 Å². The lowest BCUT2D eigenvalue weighted by Crippen LogP contribution is -2.45. The van der Waals surface area contributed by atoms with Crippen LogP contribution in [0, 0.1) is 6.92 Å². The Balaban J connectivity index is 2.50. The number of ether oxygens (including phenoxy) is 2. The van der Waals surface area contributed by atoms with Gasteiger partial charge in [0.25, 0.3) is 0 Å². The molecule has 1 aliphatic heterocycles. The number of rotatable bonds is 5. The molecule has 0 bridgehead atoms. The summed E-state index contributed by atoms with van der Waals surface area (Å²) in [5.41, 5.74) is 0.173. The van der Waals surface area contributed by atoms with Gasteiger partial charge in [0.1, 0.15) is 5.60 Å². The fourth-order valence-electron chi connectivity index (χ4n) is 3.32. The maximum atomic E-state index is 13.4. The molecule has 164 valence electrons. The fourth-order valence-corrected chi connectivity index (χ4v) is 5.22. The average Bonchev–Trinajstić information content (AvgIpc) is 3.00. The number of sulfone groups is 1. The Morgan fingerprint density at radius 3 is 2.30 bits per heavy atom. The van der Waals surface area contributed by atoms with Crippen molar-refractivity contribution in [2.75, 3.05) is 0 Å². The highest BCUT2D eigenvalue weighted by molar-refractivity contribution is 7.92. The third-order valence-corrected chi connectivity index (χ3v) is 6.87. The monoisotopic (exact) mass is 435 g/mol. The molecule has 1 aromatic carbocycles. The summed E-state index contributed by atoms with van der Waals surface area (Å²) in [5.74, 6) is -0.550. The van der Waals surface area contributed by atoms with Gasteiger partial charge in [-0.1, -0.05) is 23.8 Å². The lowest BCUT2D eigenvalue weighted by atomic mass is 10.2. The minimum Gasteiger partial charge on any atom is -0.444 e. The van der Waals surface area contributed by atoms with Crippen LogP contribution in [0.2, 0.25) is 0 Å². The van der Waals surface area contributed by atoms with Gasteiger partial charge in [-0.05, 0) is 52.3 Å². The van der Waals surface area contributed by atoms with Crippen molar-refractivity contribution >= 4 is 21.9 Å². The van der Waals surface area contributed by atoms with E-state index in [4.69, 9.17) is 9.47 Å². The summed E-state index contributed by atoms with van der Waals surface area (Å²) in [6.45, 7) is 12.1. The molecule has 0 N–H and O–H groups in total. The highest BCUT2D eigenvalue weighted by Gasteiger charge is 2.49. The minimum absolute atomic E-state index is 0.147. The van der Waals surface area contributed by atoms with Crippen LogP contribution in [0.25, 0.3) is 0 Å². The van der Waals surface area contributed by atoms with Crippen LogP contribution in [0.5, 0.6) is 0 Å². The molecular formula is C22H29NO6S. The lowest BCUT2D eigenvalue weighted by Gasteiger charge is -2.31. The molecule has 0 saturated carbocycles. The first kappa shape index (κ1) is 23.7. The van der Waals surface area contributed by atoms with Crippen LogP contribution >= 0.6 is 0 Å². The number of benzene rings is 1. The van der Waals surface area contributed by atoms with Crippen LogP contribution in [0.1, 0.15) is 39.7 Å². The molecule has 30 heavy (non-hydrogen) atoms. The van der Waals surface area contributed by atoms with E-state index in [2.05, 4.69) is 6.58 Å². The van der Waals surface area contributed by atoms with Crippen molar-refractivity contribution in [3.63, 3.8) is 0 Å². The Labute approximate surface area is 178 Å². The average molecular weight is 436 g/mol.